The Hall–Kier alpha value is -3.48. The molecule has 3 aromatic rings. The number of furan rings is 1. The lowest BCUT2D eigenvalue weighted by Gasteiger charge is -2.05. The largest absolute Gasteiger partial charge is 0.462 e. The summed E-state index contributed by atoms with van der Waals surface area (Å²) >= 11 is 0. The quantitative estimate of drug-likeness (QED) is 0.713. The van der Waals surface area contributed by atoms with Crippen LogP contribution in [0.3, 0.4) is 0 Å². The molecule has 3 heterocycles. The molecule has 1 aromatic carbocycles. The van der Waals surface area contributed by atoms with Crippen LogP contribution >= 0.6 is 0 Å². The number of benzene rings is 1. The van der Waals surface area contributed by atoms with Crippen LogP contribution in [0, 0.1) is 6.92 Å². The minimum atomic E-state index is -0.291. The summed E-state index contributed by atoms with van der Waals surface area (Å²) in [5, 5.41) is 9.58. The molecule has 0 unspecified atom stereocenters. The topological polar surface area (TPSA) is 89.4 Å². The van der Waals surface area contributed by atoms with Crippen molar-refractivity contribution in [1.29, 1.82) is 0 Å². The second-order valence-corrected chi connectivity index (χ2v) is 5.50. The lowest BCUT2D eigenvalue weighted by molar-refractivity contribution is -0.111. The molecule has 0 spiro atoms. The first-order valence-electron chi connectivity index (χ1n) is 7.68. The molecule has 1 aliphatic rings. The average Bonchev–Trinajstić information content (AvgIpc) is 3.32. The summed E-state index contributed by atoms with van der Waals surface area (Å²) in [5.74, 6) is 3.00. The molecule has 1 aliphatic heterocycles. The van der Waals surface area contributed by atoms with Gasteiger partial charge in [-0.3, -0.25) is 9.89 Å². The molecule has 2 N–H and O–H groups in total. The van der Waals surface area contributed by atoms with Crippen LogP contribution in [0.15, 0.2) is 47.0 Å². The third kappa shape index (κ3) is 3.12. The van der Waals surface area contributed by atoms with Gasteiger partial charge in [0.05, 0.1) is 6.20 Å². The number of carbonyl (C=O) groups excluding carboxylic acids is 1. The zero-order valence-electron chi connectivity index (χ0n) is 13.4. The Morgan fingerprint density at radius 1 is 1.24 bits per heavy atom. The van der Waals surface area contributed by atoms with Gasteiger partial charge < -0.3 is 19.2 Å². The Kier molecular flexibility index (Phi) is 3.74. The third-order valence-corrected chi connectivity index (χ3v) is 3.73. The molecule has 0 fully saturated rings. The number of hydrogen-bond acceptors (Lipinski definition) is 5. The molecule has 0 saturated carbocycles. The summed E-state index contributed by atoms with van der Waals surface area (Å²) in [6.07, 6.45) is 4.66. The number of carbonyl (C=O) groups is 1. The number of aromatic nitrogens is 2. The summed E-state index contributed by atoms with van der Waals surface area (Å²) in [6, 6.07) is 9.20. The smallest absolute Gasteiger partial charge is 0.249 e. The van der Waals surface area contributed by atoms with Crippen LogP contribution in [-0.4, -0.2) is 22.9 Å². The maximum atomic E-state index is 12.1. The van der Waals surface area contributed by atoms with Crippen molar-refractivity contribution in [1.82, 2.24) is 10.2 Å². The van der Waals surface area contributed by atoms with Gasteiger partial charge in [-0.25, -0.2) is 0 Å². The summed E-state index contributed by atoms with van der Waals surface area (Å²) in [4.78, 5) is 12.1. The van der Waals surface area contributed by atoms with Gasteiger partial charge in [-0.2, -0.15) is 5.10 Å². The maximum Gasteiger partial charge on any atom is 0.249 e. The fourth-order valence-electron chi connectivity index (χ4n) is 2.53. The lowest BCUT2D eigenvalue weighted by Crippen LogP contribution is -2.08. The van der Waals surface area contributed by atoms with Crippen molar-refractivity contribution in [2.45, 2.75) is 6.92 Å². The number of amides is 1. The van der Waals surface area contributed by atoms with Gasteiger partial charge in [-0.1, -0.05) is 6.07 Å². The van der Waals surface area contributed by atoms with E-state index >= 15 is 0 Å². The second-order valence-electron chi connectivity index (χ2n) is 5.50. The number of anilines is 1. The van der Waals surface area contributed by atoms with Crippen LogP contribution < -0.4 is 14.8 Å². The fourth-order valence-corrected chi connectivity index (χ4v) is 2.53. The molecule has 2 aromatic heterocycles. The number of hydrogen-bond donors (Lipinski definition) is 2. The van der Waals surface area contributed by atoms with E-state index in [1.807, 2.05) is 31.2 Å². The lowest BCUT2D eigenvalue weighted by atomic mass is 10.1. The number of ether oxygens (including phenoxy) is 2. The van der Waals surface area contributed by atoms with Crippen LogP contribution in [0.5, 0.6) is 11.5 Å². The van der Waals surface area contributed by atoms with Gasteiger partial charge in [0.1, 0.15) is 17.3 Å². The van der Waals surface area contributed by atoms with Gasteiger partial charge in [-0.15, -0.1) is 0 Å². The van der Waals surface area contributed by atoms with Crippen LogP contribution in [0.25, 0.3) is 17.2 Å². The molecule has 7 nitrogen and oxygen atoms in total. The number of fused-ring (bicyclic) bond motifs is 1. The SMILES string of the molecule is Cc1ccc(/C=C/C(=O)Nc2[nH]ncc2-c2ccc3c(c2)OCO3)o1. The molecule has 4 rings (SSSR count). The minimum absolute atomic E-state index is 0.213. The first kappa shape index (κ1) is 15.1. The second kappa shape index (κ2) is 6.20. The van der Waals surface area contributed by atoms with Crippen molar-refractivity contribution < 1.29 is 18.7 Å². The van der Waals surface area contributed by atoms with Gasteiger partial charge >= 0.3 is 0 Å². The van der Waals surface area contributed by atoms with Crippen LogP contribution in [0.1, 0.15) is 11.5 Å². The Morgan fingerprint density at radius 3 is 2.96 bits per heavy atom. The highest BCUT2D eigenvalue weighted by atomic mass is 16.7. The zero-order valence-corrected chi connectivity index (χ0v) is 13.4. The Bertz CT molecular complexity index is 955. The molecular weight excluding hydrogens is 322 g/mol. The van der Waals surface area contributed by atoms with Gasteiger partial charge in [0.25, 0.3) is 0 Å². The molecule has 126 valence electrons. The molecule has 1 amide bonds. The minimum Gasteiger partial charge on any atom is -0.462 e. The number of nitrogens with one attached hydrogen (secondary N) is 2. The third-order valence-electron chi connectivity index (χ3n) is 3.73. The van der Waals surface area contributed by atoms with E-state index < -0.39 is 0 Å². The summed E-state index contributed by atoms with van der Waals surface area (Å²) < 4.78 is 16.1. The first-order valence-corrected chi connectivity index (χ1v) is 7.68. The monoisotopic (exact) mass is 337 g/mol. The van der Waals surface area contributed by atoms with Crippen LogP contribution in [0.4, 0.5) is 5.82 Å². The van der Waals surface area contributed by atoms with Crippen molar-refractivity contribution in [3.05, 3.63) is 54.1 Å². The summed E-state index contributed by atoms with van der Waals surface area (Å²) in [6.45, 7) is 2.06. The highest BCUT2D eigenvalue weighted by molar-refractivity contribution is 6.03. The molecule has 25 heavy (non-hydrogen) atoms. The number of aromatic amines is 1. The fraction of sp³-hybridized carbons (Fsp3) is 0.111. The normalized spacial score (nSPS) is 12.7. The van der Waals surface area contributed by atoms with Crippen molar-refractivity contribution in [2.24, 2.45) is 0 Å². The Morgan fingerprint density at radius 2 is 2.12 bits per heavy atom. The molecule has 0 saturated heterocycles. The highest BCUT2D eigenvalue weighted by Crippen LogP contribution is 2.37. The number of nitrogens with zero attached hydrogens (tertiary/aromatic N) is 1. The van der Waals surface area contributed by atoms with E-state index in [4.69, 9.17) is 13.9 Å². The number of H-pyrrole nitrogens is 1. The Balaban J connectivity index is 1.51. The van der Waals surface area contributed by atoms with Crippen molar-refractivity contribution >= 4 is 17.8 Å². The molecule has 0 aliphatic carbocycles. The Labute approximate surface area is 143 Å². The summed E-state index contributed by atoms with van der Waals surface area (Å²) in [7, 11) is 0. The maximum absolute atomic E-state index is 12.1. The van der Waals surface area contributed by atoms with Crippen molar-refractivity contribution in [3.8, 4) is 22.6 Å². The van der Waals surface area contributed by atoms with E-state index in [0.29, 0.717) is 23.1 Å². The predicted molar refractivity (Wildman–Crippen MR) is 91.3 cm³/mol. The van der Waals surface area contributed by atoms with E-state index in [0.717, 1.165) is 16.9 Å². The molecule has 7 heteroatoms. The molecule has 0 radical (unpaired) electrons. The number of rotatable bonds is 4. The molecule has 0 bridgehead atoms. The van der Waals surface area contributed by atoms with Gasteiger partial charge in [0.2, 0.25) is 12.7 Å². The van der Waals surface area contributed by atoms with Gasteiger partial charge in [0.15, 0.2) is 11.5 Å². The zero-order chi connectivity index (χ0) is 17.2. The average molecular weight is 337 g/mol. The van der Waals surface area contributed by atoms with E-state index in [1.165, 1.54) is 6.08 Å². The predicted octanol–water partition coefficient (Wildman–Crippen LogP) is 3.36. The summed E-state index contributed by atoms with van der Waals surface area (Å²) in [5.41, 5.74) is 1.62. The number of aryl methyl sites for hydroxylation is 1. The molecule has 0 atom stereocenters. The van der Waals surface area contributed by atoms with Crippen molar-refractivity contribution in [3.63, 3.8) is 0 Å². The van der Waals surface area contributed by atoms with E-state index in [2.05, 4.69) is 15.5 Å². The van der Waals surface area contributed by atoms with E-state index in [9.17, 15) is 4.79 Å². The first-order chi connectivity index (χ1) is 12.2. The highest BCUT2D eigenvalue weighted by Gasteiger charge is 2.16. The van der Waals surface area contributed by atoms with Crippen molar-refractivity contribution in [2.75, 3.05) is 12.1 Å². The molecular formula is C18H15N3O4. The van der Waals surface area contributed by atoms with Gasteiger partial charge in [-0.05, 0) is 42.8 Å². The van der Waals surface area contributed by atoms with E-state index in [1.54, 1.807) is 18.3 Å². The standard InChI is InChI=1S/C18H15N3O4/c1-11-2-4-13(25-11)5-7-17(22)20-18-14(9-19-21-18)12-3-6-15-16(8-12)24-10-23-15/h2-9H,10H2,1H3,(H2,19,20,21,22)/b7-5+. The van der Waals surface area contributed by atoms with Gasteiger partial charge in [0, 0.05) is 11.6 Å². The van der Waals surface area contributed by atoms with Crippen LogP contribution in [-0.2, 0) is 4.79 Å². The van der Waals surface area contributed by atoms with E-state index in [-0.39, 0.29) is 12.7 Å². The van der Waals surface area contributed by atoms with Crippen LogP contribution in [0.2, 0.25) is 0 Å².